The molecule has 0 aromatic heterocycles. The van der Waals surface area contributed by atoms with Crippen LogP contribution in [-0.4, -0.2) is 25.0 Å². The number of likely N-dealkylation sites (tertiary alicyclic amines) is 1. The molecule has 0 radical (unpaired) electrons. The molecule has 2 heteroatoms. The van der Waals surface area contributed by atoms with Gasteiger partial charge in [-0.3, -0.25) is 0 Å². The van der Waals surface area contributed by atoms with Crippen molar-refractivity contribution in [2.75, 3.05) is 20.1 Å². The van der Waals surface area contributed by atoms with Gasteiger partial charge in [0.05, 0.1) is 11.5 Å². The van der Waals surface area contributed by atoms with Crippen LogP contribution in [0.5, 0.6) is 0 Å². The highest BCUT2D eigenvalue weighted by Gasteiger charge is 2.34. The Kier molecular flexibility index (Phi) is 3.33. The van der Waals surface area contributed by atoms with Crippen molar-refractivity contribution in [1.29, 1.82) is 5.26 Å². The summed E-state index contributed by atoms with van der Waals surface area (Å²) >= 11 is 0. The fourth-order valence-electron chi connectivity index (χ4n) is 2.11. The standard InChI is InChI=1S/C11H20N2/c1-10(2)11(9-12)5-4-7-13(3)8-6-11/h10H,4-8H2,1-3H3. The summed E-state index contributed by atoms with van der Waals surface area (Å²) in [4.78, 5) is 2.33. The number of nitrogens with zero attached hydrogens (tertiary/aromatic N) is 2. The van der Waals surface area contributed by atoms with Gasteiger partial charge in [-0.1, -0.05) is 13.8 Å². The fraction of sp³-hybridized carbons (Fsp3) is 0.909. The van der Waals surface area contributed by atoms with E-state index in [2.05, 4.69) is 31.9 Å². The Hall–Kier alpha value is -0.550. The minimum absolute atomic E-state index is 0.0508. The minimum Gasteiger partial charge on any atom is -0.306 e. The summed E-state index contributed by atoms with van der Waals surface area (Å²) in [7, 11) is 2.15. The van der Waals surface area contributed by atoms with Gasteiger partial charge in [0.25, 0.3) is 0 Å². The smallest absolute Gasteiger partial charge is 0.0692 e. The highest BCUT2D eigenvalue weighted by atomic mass is 15.1. The highest BCUT2D eigenvalue weighted by Crippen LogP contribution is 2.37. The van der Waals surface area contributed by atoms with Crippen LogP contribution in [-0.2, 0) is 0 Å². The van der Waals surface area contributed by atoms with Crippen molar-refractivity contribution >= 4 is 0 Å². The van der Waals surface area contributed by atoms with Crippen molar-refractivity contribution in [3.63, 3.8) is 0 Å². The van der Waals surface area contributed by atoms with Crippen LogP contribution in [0, 0.1) is 22.7 Å². The summed E-state index contributed by atoms with van der Waals surface area (Å²) in [5.41, 5.74) is -0.0508. The van der Waals surface area contributed by atoms with Crippen LogP contribution in [0.2, 0.25) is 0 Å². The largest absolute Gasteiger partial charge is 0.306 e. The molecule has 2 nitrogen and oxygen atoms in total. The second kappa shape index (κ2) is 4.11. The maximum atomic E-state index is 9.25. The Morgan fingerprint density at radius 1 is 1.31 bits per heavy atom. The Bertz CT molecular complexity index is 205. The lowest BCUT2D eigenvalue weighted by molar-refractivity contribution is 0.236. The average Bonchev–Trinajstić information content (AvgIpc) is 2.28. The van der Waals surface area contributed by atoms with Crippen LogP contribution in [0.25, 0.3) is 0 Å². The van der Waals surface area contributed by atoms with E-state index in [1.54, 1.807) is 0 Å². The third-order valence-electron chi connectivity index (χ3n) is 3.43. The van der Waals surface area contributed by atoms with Gasteiger partial charge in [-0.2, -0.15) is 5.26 Å². The summed E-state index contributed by atoms with van der Waals surface area (Å²) < 4.78 is 0. The second-order valence-electron chi connectivity index (χ2n) is 4.58. The molecule has 0 aromatic carbocycles. The SMILES string of the molecule is CC(C)C1(C#N)CCCN(C)CC1. The topological polar surface area (TPSA) is 27.0 Å². The minimum atomic E-state index is -0.0508. The maximum Gasteiger partial charge on any atom is 0.0692 e. The first-order valence-electron chi connectivity index (χ1n) is 5.20. The van der Waals surface area contributed by atoms with Crippen molar-refractivity contribution in [3.05, 3.63) is 0 Å². The lowest BCUT2D eigenvalue weighted by Gasteiger charge is -2.29. The van der Waals surface area contributed by atoms with Crippen LogP contribution >= 0.6 is 0 Å². The van der Waals surface area contributed by atoms with Gasteiger partial charge in [0.1, 0.15) is 0 Å². The van der Waals surface area contributed by atoms with E-state index < -0.39 is 0 Å². The molecule has 0 N–H and O–H groups in total. The molecule has 0 saturated carbocycles. The molecule has 74 valence electrons. The van der Waals surface area contributed by atoms with Crippen molar-refractivity contribution < 1.29 is 0 Å². The average molecular weight is 180 g/mol. The van der Waals surface area contributed by atoms with Gasteiger partial charge in [0.15, 0.2) is 0 Å². The first-order valence-corrected chi connectivity index (χ1v) is 5.20. The number of hydrogen-bond acceptors (Lipinski definition) is 2. The van der Waals surface area contributed by atoms with E-state index in [0.717, 1.165) is 25.9 Å². The van der Waals surface area contributed by atoms with Crippen molar-refractivity contribution in [2.24, 2.45) is 11.3 Å². The first-order chi connectivity index (χ1) is 6.10. The van der Waals surface area contributed by atoms with Gasteiger partial charge in [0, 0.05) is 0 Å². The summed E-state index contributed by atoms with van der Waals surface area (Å²) in [5.74, 6) is 0.490. The Morgan fingerprint density at radius 3 is 2.54 bits per heavy atom. The third kappa shape index (κ3) is 2.22. The first kappa shape index (κ1) is 10.5. The molecule has 0 bridgehead atoms. The zero-order valence-electron chi connectivity index (χ0n) is 9.01. The Balaban J connectivity index is 2.71. The molecule has 1 heterocycles. The molecule has 1 rings (SSSR count). The summed E-state index contributed by atoms with van der Waals surface area (Å²) in [6.07, 6.45) is 3.28. The van der Waals surface area contributed by atoms with E-state index in [9.17, 15) is 5.26 Å². The molecule has 1 atom stereocenters. The molecule has 0 aliphatic carbocycles. The summed E-state index contributed by atoms with van der Waals surface area (Å²) in [6.45, 7) is 6.57. The zero-order valence-corrected chi connectivity index (χ0v) is 9.01. The highest BCUT2D eigenvalue weighted by molar-refractivity contribution is 5.02. The molecule has 1 saturated heterocycles. The Labute approximate surface area is 81.5 Å². The molecule has 0 aromatic rings. The quantitative estimate of drug-likeness (QED) is 0.619. The number of nitriles is 1. The van der Waals surface area contributed by atoms with Gasteiger partial charge in [-0.15, -0.1) is 0 Å². The van der Waals surface area contributed by atoms with Gasteiger partial charge in [0.2, 0.25) is 0 Å². The van der Waals surface area contributed by atoms with Crippen LogP contribution in [0.3, 0.4) is 0 Å². The molecule has 1 unspecified atom stereocenters. The normalized spacial score (nSPS) is 31.3. The van der Waals surface area contributed by atoms with E-state index >= 15 is 0 Å². The van der Waals surface area contributed by atoms with Crippen LogP contribution in [0.15, 0.2) is 0 Å². The predicted molar refractivity (Wildman–Crippen MR) is 54.2 cm³/mol. The molecule has 0 spiro atoms. The predicted octanol–water partition coefficient (Wildman–Crippen LogP) is 2.27. The molecular weight excluding hydrogens is 160 g/mol. The van der Waals surface area contributed by atoms with Gasteiger partial charge >= 0.3 is 0 Å². The van der Waals surface area contributed by atoms with Gasteiger partial charge in [-0.25, -0.2) is 0 Å². The maximum absolute atomic E-state index is 9.25. The molecule has 1 fully saturated rings. The molecule has 13 heavy (non-hydrogen) atoms. The van der Waals surface area contributed by atoms with Crippen LogP contribution in [0.4, 0.5) is 0 Å². The lowest BCUT2D eigenvalue weighted by Crippen LogP contribution is -2.27. The molecular formula is C11H20N2. The number of rotatable bonds is 1. The molecule has 1 aliphatic heterocycles. The van der Waals surface area contributed by atoms with Crippen molar-refractivity contribution in [1.82, 2.24) is 4.90 Å². The van der Waals surface area contributed by atoms with Crippen molar-refractivity contribution in [3.8, 4) is 6.07 Å². The van der Waals surface area contributed by atoms with E-state index in [1.807, 2.05) is 0 Å². The molecule has 1 aliphatic rings. The van der Waals surface area contributed by atoms with E-state index in [4.69, 9.17) is 0 Å². The Morgan fingerprint density at radius 2 is 2.00 bits per heavy atom. The third-order valence-corrected chi connectivity index (χ3v) is 3.43. The van der Waals surface area contributed by atoms with E-state index in [-0.39, 0.29) is 5.41 Å². The second-order valence-corrected chi connectivity index (χ2v) is 4.58. The van der Waals surface area contributed by atoms with Gasteiger partial charge < -0.3 is 4.90 Å². The van der Waals surface area contributed by atoms with E-state index in [1.165, 1.54) is 6.42 Å². The van der Waals surface area contributed by atoms with Gasteiger partial charge in [-0.05, 0) is 45.3 Å². The lowest BCUT2D eigenvalue weighted by atomic mass is 9.73. The van der Waals surface area contributed by atoms with Crippen LogP contribution < -0.4 is 0 Å². The zero-order chi connectivity index (χ0) is 9.90. The number of hydrogen-bond donors (Lipinski definition) is 0. The van der Waals surface area contributed by atoms with Crippen LogP contribution in [0.1, 0.15) is 33.1 Å². The monoisotopic (exact) mass is 180 g/mol. The summed E-state index contributed by atoms with van der Waals surface area (Å²) in [5, 5.41) is 9.25. The van der Waals surface area contributed by atoms with Crippen molar-refractivity contribution in [2.45, 2.75) is 33.1 Å². The van der Waals surface area contributed by atoms with E-state index in [0.29, 0.717) is 5.92 Å². The summed E-state index contributed by atoms with van der Waals surface area (Å²) in [6, 6.07) is 2.55. The fourth-order valence-corrected chi connectivity index (χ4v) is 2.11. The molecule has 0 amide bonds.